The Morgan fingerprint density at radius 2 is 2.04 bits per heavy atom. The second kappa shape index (κ2) is 13.6. The minimum atomic E-state index is -1.12. The number of esters is 1. The summed E-state index contributed by atoms with van der Waals surface area (Å²) in [6.45, 7) is 13.7. The quantitative estimate of drug-likeness (QED) is 0.170. The van der Waals surface area contributed by atoms with E-state index in [-0.39, 0.29) is 18.4 Å². The summed E-state index contributed by atoms with van der Waals surface area (Å²) in [5, 5.41) is 7.29. The standard InChI is InChI=1S/C37H50N4O6/c1-8-23(4)35(44)47-36(5,6)37(18-26-13-24-10-12-34(43)45-30(24)16-31(26)46-37)17-25-14-32(38)40-20-27(25)15-33(42)41-21-28(19-39-7)29(41)11-9-22(2)3/h8,10,12-14,16,22,28-29,39-40H,9,11,15,17-21,38H2,1-7H3/b23-8+/t28-,29+,37-/m0/s1. The first-order chi connectivity index (χ1) is 22.3. The largest absolute Gasteiger partial charge is 0.482 e. The van der Waals surface area contributed by atoms with Gasteiger partial charge in [0.1, 0.15) is 16.9 Å². The van der Waals surface area contributed by atoms with Gasteiger partial charge >= 0.3 is 11.6 Å². The van der Waals surface area contributed by atoms with E-state index in [1.165, 1.54) is 6.07 Å². The lowest BCUT2D eigenvalue weighted by Crippen LogP contribution is -2.61. The lowest BCUT2D eigenvalue weighted by Gasteiger charge is -2.49. The van der Waals surface area contributed by atoms with Crippen LogP contribution in [0.15, 0.2) is 68.2 Å². The maximum Gasteiger partial charge on any atom is 0.336 e. The van der Waals surface area contributed by atoms with E-state index in [2.05, 4.69) is 24.5 Å². The molecule has 0 unspecified atom stereocenters. The molecular weight excluding hydrogens is 596 g/mol. The van der Waals surface area contributed by atoms with Crippen molar-refractivity contribution in [3.05, 3.63) is 74.9 Å². The van der Waals surface area contributed by atoms with Gasteiger partial charge in [0.05, 0.1) is 12.2 Å². The van der Waals surface area contributed by atoms with Crippen molar-refractivity contribution < 1.29 is 23.5 Å². The molecule has 5 rings (SSSR count). The van der Waals surface area contributed by atoms with E-state index in [1.54, 1.807) is 32.1 Å². The second-order valence-electron chi connectivity index (χ2n) is 14.2. The Balaban J connectivity index is 1.49. The molecule has 0 radical (unpaired) electrons. The van der Waals surface area contributed by atoms with E-state index in [9.17, 15) is 14.4 Å². The SMILES string of the molecule is C/C=C(\C)C(=O)OC(C)(C)[C@]1(CC2=C(CC(=O)N3C[C@H](CNC)[C@H]3CCC(C)C)CNC(N)=C2)Cc2cc3ccc(=O)oc3cc2O1. The van der Waals surface area contributed by atoms with Crippen LogP contribution < -0.4 is 26.7 Å². The normalized spacial score (nSPS) is 22.9. The van der Waals surface area contributed by atoms with E-state index in [0.717, 1.165) is 48.0 Å². The highest BCUT2D eigenvalue weighted by atomic mass is 16.6. The third-order valence-electron chi connectivity index (χ3n) is 10.1. The minimum Gasteiger partial charge on any atom is -0.482 e. The average molecular weight is 647 g/mol. The Kier molecular flexibility index (Phi) is 9.91. The molecule has 4 heterocycles. The summed E-state index contributed by atoms with van der Waals surface area (Å²) in [5.41, 5.74) is 7.35. The van der Waals surface area contributed by atoms with Crippen molar-refractivity contribution >= 4 is 22.8 Å². The molecule has 254 valence electrons. The van der Waals surface area contributed by atoms with Crippen LogP contribution in [0.2, 0.25) is 0 Å². The Labute approximate surface area is 277 Å². The van der Waals surface area contributed by atoms with Crippen molar-refractivity contribution in [3.63, 3.8) is 0 Å². The number of ether oxygens (including phenoxy) is 2. The van der Waals surface area contributed by atoms with Gasteiger partial charge in [0.25, 0.3) is 0 Å². The molecule has 4 N–H and O–H groups in total. The highest BCUT2D eigenvalue weighted by Crippen LogP contribution is 2.48. The van der Waals surface area contributed by atoms with Crippen molar-refractivity contribution in [3.8, 4) is 5.75 Å². The number of amides is 1. The molecule has 3 aliphatic heterocycles. The van der Waals surface area contributed by atoms with Crippen molar-refractivity contribution in [1.82, 2.24) is 15.5 Å². The molecule has 1 amide bonds. The number of benzene rings is 1. The highest BCUT2D eigenvalue weighted by molar-refractivity contribution is 5.88. The minimum absolute atomic E-state index is 0.106. The number of nitrogens with one attached hydrogen (secondary N) is 2. The average Bonchev–Trinajstić information content (AvgIpc) is 3.36. The molecule has 2 aromatic rings. The topological polar surface area (TPSA) is 136 Å². The molecule has 1 aromatic carbocycles. The Bertz CT molecular complexity index is 1690. The fourth-order valence-electron chi connectivity index (χ4n) is 6.98. The molecular formula is C37H50N4O6. The summed E-state index contributed by atoms with van der Waals surface area (Å²) in [6.07, 6.45) is 6.67. The molecule has 3 atom stereocenters. The van der Waals surface area contributed by atoms with Gasteiger partial charge in [-0.2, -0.15) is 0 Å². The summed E-state index contributed by atoms with van der Waals surface area (Å²) in [7, 11) is 1.96. The molecule has 10 nitrogen and oxygen atoms in total. The molecule has 1 fully saturated rings. The number of nitrogens with two attached hydrogens (primary N) is 1. The van der Waals surface area contributed by atoms with E-state index in [1.807, 2.05) is 37.9 Å². The maximum atomic E-state index is 13.9. The van der Waals surface area contributed by atoms with Crippen LogP contribution in [0.4, 0.5) is 0 Å². The van der Waals surface area contributed by atoms with Crippen LogP contribution in [0.5, 0.6) is 5.75 Å². The molecule has 0 saturated carbocycles. The van der Waals surface area contributed by atoms with Crippen LogP contribution in [-0.4, -0.2) is 60.7 Å². The number of carbonyl (C=O) groups is 2. The zero-order valence-electron chi connectivity index (χ0n) is 28.8. The summed E-state index contributed by atoms with van der Waals surface area (Å²) < 4.78 is 18.5. The van der Waals surface area contributed by atoms with Gasteiger partial charge in [-0.05, 0) is 88.4 Å². The van der Waals surface area contributed by atoms with Crippen LogP contribution in [0.3, 0.4) is 0 Å². The van der Waals surface area contributed by atoms with Gasteiger partial charge in [-0.25, -0.2) is 9.59 Å². The number of hydrogen-bond acceptors (Lipinski definition) is 9. The van der Waals surface area contributed by atoms with Crippen LogP contribution in [0, 0.1) is 11.8 Å². The summed E-state index contributed by atoms with van der Waals surface area (Å²) in [4.78, 5) is 41.1. The molecule has 1 aromatic heterocycles. The Morgan fingerprint density at radius 1 is 1.28 bits per heavy atom. The fourth-order valence-corrected chi connectivity index (χ4v) is 6.98. The van der Waals surface area contributed by atoms with E-state index >= 15 is 0 Å². The van der Waals surface area contributed by atoms with E-state index in [4.69, 9.17) is 19.6 Å². The molecule has 10 heteroatoms. The molecule has 0 aliphatic carbocycles. The van der Waals surface area contributed by atoms with Gasteiger partial charge < -0.3 is 35.2 Å². The number of nitrogens with zero attached hydrogens (tertiary/aromatic N) is 1. The lowest BCUT2D eigenvalue weighted by molar-refractivity contribution is -0.174. The molecule has 1 saturated heterocycles. The monoisotopic (exact) mass is 646 g/mol. The number of hydrogen-bond donors (Lipinski definition) is 3. The first-order valence-corrected chi connectivity index (χ1v) is 16.7. The molecule has 0 spiro atoms. The third-order valence-corrected chi connectivity index (χ3v) is 10.1. The van der Waals surface area contributed by atoms with Crippen LogP contribution in [-0.2, 0) is 20.7 Å². The van der Waals surface area contributed by atoms with E-state index in [0.29, 0.717) is 53.9 Å². The smallest absolute Gasteiger partial charge is 0.336 e. The Morgan fingerprint density at radius 3 is 2.74 bits per heavy atom. The van der Waals surface area contributed by atoms with Crippen LogP contribution in [0.1, 0.15) is 72.8 Å². The predicted molar refractivity (Wildman–Crippen MR) is 183 cm³/mol. The lowest BCUT2D eigenvalue weighted by atomic mass is 9.75. The van der Waals surface area contributed by atoms with Crippen molar-refractivity contribution in [2.24, 2.45) is 17.6 Å². The summed E-state index contributed by atoms with van der Waals surface area (Å²) in [6, 6.07) is 7.04. The number of rotatable bonds is 12. The number of dihydropyridines is 1. The van der Waals surface area contributed by atoms with Gasteiger partial charge in [0, 0.05) is 67.5 Å². The second-order valence-corrected chi connectivity index (χ2v) is 14.2. The van der Waals surface area contributed by atoms with Gasteiger partial charge in [-0.15, -0.1) is 0 Å². The highest BCUT2D eigenvalue weighted by Gasteiger charge is 2.55. The molecule has 47 heavy (non-hydrogen) atoms. The van der Waals surface area contributed by atoms with Crippen LogP contribution in [0.25, 0.3) is 11.0 Å². The number of likely N-dealkylation sites (tertiary alicyclic amines) is 1. The van der Waals surface area contributed by atoms with Gasteiger partial charge in [0.2, 0.25) is 5.91 Å². The maximum absolute atomic E-state index is 13.9. The van der Waals surface area contributed by atoms with Gasteiger partial charge in [-0.3, -0.25) is 4.79 Å². The summed E-state index contributed by atoms with van der Waals surface area (Å²) >= 11 is 0. The Hall–Kier alpha value is -4.05. The number of carbonyl (C=O) groups excluding carboxylic acids is 2. The predicted octanol–water partition coefficient (Wildman–Crippen LogP) is 4.72. The fraction of sp³-hybridized carbons (Fsp3) is 0.541. The number of allylic oxidation sites excluding steroid dienone is 2. The van der Waals surface area contributed by atoms with Gasteiger partial charge in [-0.1, -0.05) is 19.9 Å². The van der Waals surface area contributed by atoms with Crippen molar-refractivity contribution in [2.75, 3.05) is 26.7 Å². The van der Waals surface area contributed by atoms with Gasteiger partial charge in [0.15, 0.2) is 5.60 Å². The third kappa shape index (κ3) is 7.12. The number of fused-ring (bicyclic) bond motifs is 2. The molecule has 0 bridgehead atoms. The first-order valence-electron chi connectivity index (χ1n) is 16.7. The van der Waals surface area contributed by atoms with Crippen LogP contribution >= 0.6 is 0 Å². The van der Waals surface area contributed by atoms with Crippen molar-refractivity contribution in [2.45, 2.75) is 90.9 Å². The van der Waals surface area contributed by atoms with Crippen molar-refractivity contribution in [1.29, 1.82) is 0 Å². The zero-order chi connectivity index (χ0) is 34.1. The first kappa shape index (κ1) is 34.3. The summed E-state index contributed by atoms with van der Waals surface area (Å²) in [5.74, 6) is 1.75. The molecule has 3 aliphatic rings. The van der Waals surface area contributed by atoms with E-state index < -0.39 is 22.8 Å². The zero-order valence-corrected chi connectivity index (χ0v) is 28.8.